The number of carbonyl (C=O) groups excluding carboxylic acids is 2. The molecule has 6 nitrogen and oxygen atoms in total. The highest BCUT2D eigenvalue weighted by Crippen LogP contribution is 2.28. The van der Waals surface area contributed by atoms with Gasteiger partial charge in [0.2, 0.25) is 11.8 Å². The molecule has 2 amide bonds. The van der Waals surface area contributed by atoms with Crippen LogP contribution in [0.2, 0.25) is 0 Å². The predicted molar refractivity (Wildman–Crippen MR) is 113 cm³/mol. The Morgan fingerprint density at radius 1 is 1.25 bits per heavy atom. The van der Waals surface area contributed by atoms with Crippen molar-refractivity contribution < 1.29 is 14.3 Å². The van der Waals surface area contributed by atoms with E-state index < -0.39 is 0 Å². The molecule has 2 heterocycles. The van der Waals surface area contributed by atoms with Crippen LogP contribution >= 0.6 is 11.8 Å². The molecular formula is C21H31N3O3S. The van der Waals surface area contributed by atoms with Crippen LogP contribution in [0.15, 0.2) is 29.2 Å². The first-order valence-electron chi connectivity index (χ1n) is 10.1. The van der Waals surface area contributed by atoms with Gasteiger partial charge in [0.15, 0.2) is 0 Å². The SMILES string of the molecule is CSc1cccc(N2CC(C(=O)NCCCN3CC(C)OC(C)C3)CC2=O)c1. The maximum atomic E-state index is 12.5. The predicted octanol–water partition coefficient (Wildman–Crippen LogP) is 2.38. The van der Waals surface area contributed by atoms with Crippen LogP contribution in [0.1, 0.15) is 26.7 Å². The Labute approximate surface area is 172 Å². The van der Waals surface area contributed by atoms with Crippen molar-refractivity contribution in [3.05, 3.63) is 24.3 Å². The van der Waals surface area contributed by atoms with Crippen LogP contribution in [0, 0.1) is 5.92 Å². The molecule has 0 bridgehead atoms. The van der Waals surface area contributed by atoms with E-state index in [-0.39, 0.29) is 36.4 Å². The molecule has 154 valence electrons. The summed E-state index contributed by atoms with van der Waals surface area (Å²) in [5.74, 6) is -0.260. The van der Waals surface area contributed by atoms with Gasteiger partial charge in [-0.1, -0.05) is 6.07 Å². The van der Waals surface area contributed by atoms with E-state index >= 15 is 0 Å². The molecule has 0 saturated carbocycles. The van der Waals surface area contributed by atoms with Crippen molar-refractivity contribution >= 4 is 29.3 Å². The standard InChI is InChI=1S/C21H31N3O3S/c1-15-12-23(13-16(2)27-15)9-5-8-22-21(26)17-10-20(25)24(14-17)18-6-4-7-19(11-18)28-3/h4,6-7,11,15-17H,5,8-10,12-14H2,1-3H3,(H,22,26). The first-order chi connectivity index (χ1) is 13.5. The quantitative estimate of drug-likeness (QED) is 0.557. The number of hydrogen-bond donors (Lipinski definition) is 1. The van der Waals surface area contributed by atoms with Gasteiger partial charge in [-0.15, -0.1) is 11.8 Å². The number of morpholine rings is 1. The van der Waals surface area contributed by atoms with Crippen LogP contribution in [-0.4, -0.2) is 67.9 Å². The van der Waals surface area contributed by atoms with Crippen molar-refractivity contribution in [1.29, 1.82) is 0 Å². The Hall–Kier alpha value is -1.57. The van der Waals surface area contributed by atoms with Crippen molar-refractivity contribution in [3.63, 3.8) is 0 Å². The molecule has 2 fully saturated rings. The minimum atomic E-state index is -0.270. The minimum Gasteiger partial charge on any atom is -0.373 e. The molecule has 0 aromatic heterocycles. The Kier molecular flexibility index (Phi) is 7.37. The van der Waals surface area contributed by atoms with Crippen LogP contribution in [0.5, 0.6) is 0 Å². The van der Waals surface area contributed by atoms with Gasteiger partial charge in [0.05, 0.1) is 18.1 Å². The zero-order valence-electron chi connectivity index (χ0n) is 17.0. The number of hydrogen-bond acceptors (Lipinski definition) is 5. The average molecular weight is 406 g/mol. The molecule has 0 radical (unpaired) electrons. The summed E-state index contributed by atoms with van der Waals surface area (Å²) >= 11 is 1.65. The van der Waals surface area contributed by atoms with Crippen LogP contribution in [-0.2, 0) is 14.3 Å². The number of benzene rings is 1. The lowest BCUT2D eigenvalue weighted by atomic mass is 10.1. The zero-order valence-corrected chi connectivity index (χ0v) is 17.8. The lowest BCUT2D eigenvalue weighted by Gasteiger charge is -2.35. The second-order valence-electron chi connectivity index (χ2n) is 7.77. The molecule has 0 spiro atoms. The number of amides is 2. The molecule has 1 aromatic rings. The number of nitrogens with one attached hydrogen (secondary N) is 1. The normalized spacial score (nSPS) is 25.9. The van der Waals surface area contributed by atoms with E-state index in [1.165, 1.54) is 0 Å². The fraction of sp³-hybridized carbons (Fsp3) is 0.619. The topological polar surface area (TPSA) is 61.9 Å². The third kappa shape index (κ3) is 5.49. The highest BCUT2D eigenvalue weighted by molar-refractivity contribution is 7.98. The van der Waals surface area contributed by atoms with Crippen LogP contribution in [0.25, 0.3) is 0 Å². The van der Waals surface area contributed by atoms with Gasteiger partial charge < -0.3 is 15.0 Å². The van der Waals surface area contributed by atoms with Crippen molar-refractivity contribution in [1.82, 2.24) is 10.2 Å². The number of carbonyl (C=O) groups is 2. The van der Waals surface area contributed by atoms with E-state index in [0.29, 0.717) is 13.1 Å². The maximum absolute atomic E-state index is 12.5. The summed E-state index contributed by atoms with van der Waals surface area (Å²) in [6.07, 6.45) is 3.73. The second-order valence-corrected chi connectivity index (χ2v) is 8.65. The van der Waals surface area contributed by atoms with Gasteiger partial charge in [0, 0.05) is 49.7 Å². The highest BCUT2D eigenvalue weighted by Gasteiger charge is 2.35. The number of anilines is 1. The minimum absolute atomic E-state index is 0.0133. The van der Waals surface area contributed by atoms with E-state index in [4.69, 9.17) is 4.74 Å². The van der Waals surface area contributed by atoms with E-state index in [2.05, 4.69) is 24.1 Å². The summed E-state index contributed by atoms with van der Waals surface area (Å²) in [5.41, 5.74) is 0.878. The molecule has 1 N–H and O–H groups in total. The third-order valence-electron chi connectivity index (χ3n) is 5.31. The summed E-state index contributed by atoms with van der Waals surface area (Å²) in [4.78, 5) is 30.2. The molecule has 2 aliphatic heterocycles. The van der Waals surface area contributed by atoms with Crippen molar-refractivity contribution in [2.75, 3.05) is 43.9 Å². The highest BCUT2D eigenvalue weighted by atomic mass is 32.2. The third-order valence-corrected chi connectivity index (χ3v) is 6.03. The molecule has 3 rings (SSSR count). The molecule has 3 atom stereocenters. The van der Waals surface area contributed by atoms with Crippen molar-refractivity contribution in [2.45, 2.75) is 43.8 Å². The summed E-state index contributed by atoms with van der Waals surface area (Å²) < 4.78 is 5.75. The maximum Gasteiger partial charge on any atom is 0.227 e. The monoisotopic (exact) mass is 405 g/mol. The molecule has 3 unspecified atom stereocenters. The van der Waals surface area contributed by atoms with Gasteiger partial charge >= 0.3 is 0 Å². The molecule has 0 aliphatic carbocycles. The van der Waals surface area contributed by atoms with E-state index in [1.807, 2.05) is 30.5 Å². The van der Waals surface area contributed by atoms with Crippen LogP contribution in [0.3, 0.4) is 0 Å². The number of ether oxygens (including phenoxy) is 1. The zero-order chi connectivity index (χ0) is 20.1. The first kappa shape index (κ1) is 21.1. The summed E-state index contributed by atoms with van der Waals surface area (Å²) in [6, 6.07) is 7.92. The Balaban J connectivity index is 1.43. The lowest BCUT2D eigenvalue weighted by molar-refractivity contribution is -0.126. The van der Waals surface area contributed by atoms with Gasteiger partial charge in [-0.2, -0.15) is 0 Å². The van der Waals surface area contributed by atoms with E-state index in [0.717, 1.165) is 36.6 Å². The second kappa shape index (κ2) is 9.76. The first-order valence-corrected chi connectivity index (χ1v) is 11.3. The average Bonchev–Trinajstić information content (AvgIpc) is 3.06. The van der Waals surface area contributed by atoms with Gasteiger partial charge in [-0.3, -0.25) is 14.5 Å². The Morgan fingerprint density at radius 2 is 2.00 bits per heavy atom. The van der Waals surface area contributed by atoms with Crippen molar-refractivity contribution in [2.24, 2.45) is 5.92 Å². The van der Waals surface area contributed by atoms with Gasteiger partial charge in [-0.25, -0.2) is 0 Å². The van der Waals surface area contributed by atoms with E-state index in [1.54, 1.807) is 16.7 Å². The summed E-state index contributed by atoms with van der Waals surface area (Å²) in [6.45, 7) is 8.14. The van der Waals surface area contributed by atoms with Crippen LogP contribution < -0.4 is 10.2 Å². The molecular weight excluding hydrogens is 374 g/mol. The fourth-order valence-corrected chi connectivity index (χ4v) is 4.49. The van der Waals surface area contributed by atoms with Gasteiger partial charge in [0.25, 0.3) is 0 Å². The van der Waals surface area contributed by atoms with Gasteiger partial charge in [-0.05, 0) is 44.7 Å². The molecule has 2 aliphatic rings. The number of nitrogens with zero attached hydrogens (tertiary/aromatic N) is 2. The molecule has 28 heavy (non-hydrogen) atoms. The Morgan fingerprint density at radius 3 is 2.71 bits per heavy atom. The lowest BCUT2D eigenvalue weighted by Crippen LogP contribution is -2.46. The largest absolute Gasteiger partial charge is 0.373 e. The van der Waals surface area contributed by atoms with E-state index in [9.17, 15) is 9.59 Å². The van der Waals surface area contributed by atoms with Crippen molar-refractivity contribution in [3.8, 4) is 0 Å². The Bertz CT molecular complexity index is 689. The number of thioether (sulfide) groups is 1. The molecule has 7 heteroatoms. The summed E-state index contributed by atoms with van der Waals surface area (Å²) in [5, 5.41) is 3.02. The van der Waals surface area contributed by atoms with Gasteiger partial charge in [0.1, 0.15) is 0 Å². The molecule has 1 aromatic carbocycles. The number of rotatable bonds is 7. The summed E-state index contributed by atoms with van der Waals surface area (Å²) in [7, 11) is 0. The van der Waals surface area contributed by atoms with Crippen LogP contribution in [0.4, 0.5) is 5.69 Å². The molecule has 2 saturated heterocycles. The smallest absolute Gasteiger partial charge is 0.227 e. The fourth-order valence-electron chi connectivity index (χ4n) is 4.04.